The van der Waals surface area contributed by atoms with Gasteiger partial charge in [-0.3, -0.25) is 4.79 Å². The van der Waals surface area contributed by atoms with Crippen LogP contribution in [0.1, 0.15) is 15.9 Å². The first kappa shape index (κ1) is 23.6. The van der Waals surface area contributed by atoms with Gasteiger partial charge in [-0.1, -0.05) is 54.6 Å². The van der Waals surface area contributed by atoms with Crippen molar-refractivity contribution >= 4 is 45.0 Å². The molecule has 0 saturated heterocycles. The minimum Gasteiger partial charge on any atom is -0.422 e. The maximum atomic E-state index is 12.9. The van der Waals surface area contributed by atoms with Crippen molar-refractivity contribution in [3.63, 3.8) is 0 Å². The van der Waals surface area contributed by atoms with Gasteiger partial charge in [0.2, 0.25) is 0 Å². The summed E-state index contributed by atoms with van der Waals surface area (Å²) in [7, 11) is 0. The number of nitrogens with one attached hydrogen (secondary N) is 2. The predicted octanol–water partition coefficient (Wildman–Crippen LogP) is 6.27. The Balaban J connectivity index is 1.37. The SMILES string of the molecule is N#Cc1ccccc1NC(=O)c1cc2cc(Nc3nc(-c4ccccc4)nc4ccccc34)ccc2oc1=O. The summed E-state index contributed by atoms with van der Waals surface area (Å²) in [4.78, 5) is 35.0. The van der Waals surface area contributed by atoms with Crippen molar-refractivity contribution in [3.8, 4) is 17.5 Å². The van der Waals surface area contributed by atoms with Gasteiger partial charge in [-0.2, -0.15) is 5.26 Å². The van der Waals surface area contributed by atoms with Gasteiger partial charge in [-0.05, 0) is 48.5 Å². The Morgan fingerprint density at radius 1 is 0.846 bits per heavy atom. The molecule has 0 atom stereocenters. The number of carbonyl (C=O) groups excluding carboxylic acids is 1. The van der Waals surface area contributed by atoms with Crippen molar-refractivity contribution in [1.82, 2.24) is 9.97 Å². The van der Waals surface area contributed by atoms with Crippen molar-refractivity contribution < 1.29 is 9.21 Å². The molecular formula is C31H19N5O3. The standard InChI is InChI=1S/C31H19N5O3/c32-18-20-10-4-6-12-25(20)35-30(37)24-17-21-16-22(14-15-27(21)39-31(24)38)33-29-23-11-5-7-13-26(23)34-28(36-29)19-8-2-1-3-9-19/h1-17H,(H,35,37)(H,33,34,36). The van der Waals surface area contributed by atoms with Crippen LogP contribution in [-0.4, -0.2) is 15.9 Å². The van der Waals surface area contributed by atoms with Gasteiger partial charge in [0.15, 0.2) is 5.82 Å². The molecule has 2 N–H and O–H groups in total. The lowest BCUT2D eigenvalue weighted by Crippen LogP contribution is -2.21. The van der Waals surface area contributed by atoms with Gasteiger partial charge >= 0.3 is 5.63 Å². The number of nitriles is 1. The lowest BCUT2D eigenvalue weighted by molar-refractivity contribution is 0.102. The highest BCUT2D eigenvalue weighted by Crippen LogP contribution is 2.29. The lowest BCUT2D eigenvalue weighted by Gasteiger charge is -2.12. The molecule has 8 heteroatoms. The smallest absolute Gasteiger partial charge is 0.349 e. The fraction of sp³-hybridized carbons (Fsp3) is 0. The molecule has 0 fully saturated rings. The number of hydrogen-bond donors (Lipinski definition) is 2. The molecule has 0 bridgehead atoms. The quantitative estimate of drug-likeness (QED) is 0.263. The Kier molecular flexibility index (Phi) is 6.00. The molecule has 0 radical (unpaired) electrons. The Morgan fingerprint density at radius 2 is 1.62 bits per heavy atom. The number of hydrogen-bond acceptors (Lipinski definition) is 7. The van der Waals surface area contributed by atoms with E-state index in [2.05, 4.69) is 10.6 Å². The number of amides is 1. The van der Waals surface area contributed by atoms with Crippen LogP contribution in [0.25, 0.3) is 33.3 Å². The van der Waals surface area contributed by atoms with Crippen molar-refractivity contribution in [2.75, 3.05) is 10.6 Å². The van der Waals surface area contributed by atoms with E-state index < -0.39 is 11.5 Å². The second-order valence-electron chi connectivity index (χ2n) is 8.72. The molecule has 2 heterocycles. The number of nitrogens with zero attached hydrogens (tertiary/aromatic N) is 3. The number of aromatic nitrogens is 2. The molecule has 0 saturated carbocycles. The van der Waals surface area contributed by atoms with E-state index in [-0.39, 0.29) is 11.1 Å². The number of benzene rings is 4. The molecule has 4 aromatic carbocycles. The van der Waals surface area contributed by atoms with Gasteiger partial charge in [0, 0.05) is 22.0 Å². The molecule has 0 unspecified atom stereocenters. The topological polar surface area (TPSA) is 121 Å². The Labute approximate surface area is 222 Å². The van der Waals surface area contributed by atoms with Crippen LogP contribution < -0.4 is 16.3 Å². The average molecular weight is 510 g/mol. The number of para-hydroxylation sites is 2. The van der Waals surface area contributed by atoms with Crippen LogP contribution >= 0.6 is 0 Å². The maximum Gasteiger partial charge on any atom is 0.349 e. The zero-order valence-electron chi connectivity index (χ0n) is 20.4. The molecule has 8 nitrogen and oxygen atoms in total. The highest BCUT2D eigenvalue weighted by atomic mass is 16.4. The first-order valence-corrected chi connectivity index (χ1v) is 12.1. The molecule has 39 heavy (non-hydrogen) atoms. The highest BCUT2D eigenvalue weighted by molar-refractivity contribution is 6.06. The van der Waals surface area contributed by atoms with E-state index in [0.717, 1.165) is 16.5 Å². The summed E-state index contributed by atoms with van der Waals surface area (Å²) in [5, 5.41) is 16.7. The van der Waals surface area contributed by atoms with Crippen molar-refractivity contribution in [2.24, 2.45) is 0 Å². The monoisotopic (exact) mass is 509 g/mol. The molecule has 0 aliphatic rings. The number of anilines is 3. The van der Waals surface area contributed by atoms with Gasteiger partial charge in [0.25, 0.3) is 5.91 Å². The first-order chi connectivity index (χ1) is 19.1. The minimum absolute atomic E-state index is 0.175. The van der Waals surface area contributed by atoms with E-state index in [4.69, 9.17) is 14.4 Å². The summed E-state index contributed by atoms with van der Waals surface area (Å²) in [6.07, 6.45) is 0. The van der Waals surface area contributed by atoms with Gasteiger partial charge in [-0.25, -0.2) is 14.8 Å². The molecule has 0 aliphatic carbocycles. The number of fused-ring (bicyclic) bond motifs is 2. The lowest BCUT2D eigenvalue weighted by atomic mass is 10.1. The highest BCUT2D eigenvalue weighted by Gasteiger charge is 2.16. The summed E-state index contributed by atoms with van der Waals surface area (Å²) in [5.74, 6) is 0.531. The van der Waals surface area contributed by atoms with Gasteiger partial charge in [0.05, 0.1) is 16.8 Å². The fourth-order valence-corrected chi connectivity index (χ4v) is 4.26. The number of carbonyl (C=O) groups is 1. The van der Waals surface area contributed by atoms with Crippen LogP contribution in [0.3, 0.4) is 0 Å². The summed E-state index contributed by atoms with van der Waals surface area (Å²) < 4.78 is 5.43. The summed E-state index contributed by atoms with van der Waals surface area (Å²) in [6.45, 7) is 0. The van der Waals surface area contributed by atoms with E-state index in [0.29, 0.717) is 34.0 Å². The summed E-state index contributed by atoms with van der Waals surface area (Å²) in [5.41, 5.74) is 2.34. The van der Waals surface area contributed by atoms with E-state index in [1.807, 2.05) is 60.7 Å². The van der Waals surface area contributed by atoms with Crippen LogP contribution in [-0.2, 0) is 0 Å². The zero-order chi connectivity index (χ0) is 26.8. The molecule has 0 spiro atoms. The normalized spacial score (nSPS) is 10.7. The van der Waals surface area contributed by atoms with Gasteiger partial charge in [-0.15, -0.1) is 0 Å². The Bertz CT molecular complexity index is 1980. The zero-order valence-corrected chi connectivity index (χ0v) is 20.4. The van der Waals surface area contributed by atoms with E-state index in [1.165, 1.54) is 6.07 Å². The maximum absolute atomic E-state index is 12.9. The molecule has 0 aliphatic heterocycles. The van der Waals surface area contributed by atoms with Crippen molar-refractivity contribution in [3.05, 3.63) is 125 Å². The summed E-state index contributed by atoms with van der Waals surface area (Å²) >= 11 is 0. The second kappa shape index (κ2) is 9.92. The van der Waals surface area contributed by atoms with Crippen molar-refractivity contribution in [2.45, 2.75) is 0 Å². The number of rotatable bonds is 5. The van der Waals surface area contributed by atoms with Crippen LogP contribution in [0.2, 0.25) is 0 Å². The van der Waals surface area contributed by atoms with E-state index in [9.17, 15) is 14.9 Å². The third-order valence-corrected chi connectivity index (χ3v) is 6.17. The predicted molar refractivity (Wildman–Crippen MR) is 150 cm³/mol. The molecule has 2 aromatic heterocycles. The molecular weight excluding hydrogens is 490 g/mol. The Morgan fingerprint density at radius 3 is 2.46 bits per heavy atom. The minimum atomic E-state index is -0.774. The largest absolute Gasteiger partial charge is 0.422 e. The summed E-state index contributed by atoms with van der Waals surface area (Å²) in [6, 6.07) is 32.7. The van der Waals surface area contributed by atoms with Crippen molar-refractivity contribution in [1.29, 1.82) is 5.26 Å². The molecule has 6 rings (SSSR count). The van der Waals surface area contributed by atoms with Crippen LogP contribution in [0.4, 0.5) is 17.2 Å². The average Bonchev–Trinajstić information content (AvgIpc) is 2.97. The molecule has 186 valence electrons. The second-order valence-corrected chi connectivity index (χ2v) is 8.72. The fourth-order valence-electron chi connectivity index (χ4n) is 4.26. The third kappa shape index (κ3) is 4.68. The van der Waals surface area contributed by atoms with E-state index in [1.54, 1.807) is 42.5 Å². The van der Waals surface area contributed by atoms with Gasteiger partial charge in [0.1, 0.15) is 23.0 Å². The molecule has 6 aromatic rings. The van der Waals surface area contributed by atoms with E-state index >= 15 is 0 Å². The first-order valence-electron chi connectivity index (χ1n) is 12.1. The van der Waals surface area contributed by atoms with Gasteiger partial charge < -0.3 is 15.1 Å². The third-order valence-electron chi connectivity index (χ3n) is 6.17. The Hall–Kier alpha value is -5.81. The molecule has 1 amide bonds. The van der Waals surface area contributed by atoms with Crippen LogP contribution in [0.15, 0.2) is 112 Å². The van der Waals surface area contributed by atoms with Crippen LogP contribution in [0.5, 0.6) is 0 Å². The van der Waals surface area contributed by atoms with Crippen LogP contribution in [0, 0.1) is 11.3 Å².